The van der Waals surface area contributed by atoms with E-state index in [1.807, 2.05) is 48.5 Å². The summed E-state index contributed by atoms with van der Waals surface area (Å²) in [6.45, 7) is 0.425. The van der Waals surface area contributed by atoms with E-state index in [0.717, 1.165) is 21.3 Å². The van der Waals surface area contributed by atoms with Crippen LogP contribution in [-0.4, -0.2) is 29.9 Å². The number of anilines is 2. The summed E-state index contributed by atoms with van der Waals surface area (Å²) in [5, 5.41) is 25.6. The van der Waals surface area contributed by atoms with Crippen LogP contribution in [0.1, 0.15) is 11.1 Å². The average Bonchev–Trinajstić information content (AvgIpc) is 3.33. The van der Waals surface area contributed by atoms with Crippen molar-refractivity contribution in [2.45, 2.75) is 12.6 Å². The molecule has 8 nitrogen and oxygen atoms in total. The minimum Gasteiger partial charge on any atom is -0.754 e. The Labute approximate surface area is 201 Å². The summed E-state index contributed by atoms with van der Waals surface area (Å²) in [5.41, 5.74) is 3.95. The number of ether oxygens (including phenoxy) is 2. The third-order valence-electron chi connectivity index (χ3n) is 6.10. The second-order valence-electron chi connectivity index (χ2n) is 8.25. The molecule has 8 heteroatoms. The molecule has 0 fully saturated rings. The smallest absolute Gasteiger partial charge is 0.161 e. The largest absolute Gasteiger partial charge is 0.754 e. The second kappa shape index (κ2) is 8.43. The number of hydroxylamine groups is 2. The molecule has 0 radical (unpaired) electrons. The first kappa shape index (κ1) is 21.2. The first-order valence-corrected chi connectivity index (χ1v) is 11.1. The zero-order valence-corrected chi connectivity index (χ0v) is 18.8. The average molecular weight is 465 g/mol. The Balaban J connectivity index is 1.28. The number of methoxy groups -OCH3 is 1. The molecule has 0 spiro atoms. The van der Waals surface area contributed by atoms with E-state index in [4.69, 9.17) is 14.5 Å². The quantitative estimate of drug-likeness (QED) is 0.580. The van der Waals surface area contributed by atoms with Crippen LogP contribution in [0.15, 0.2) is 106 Å². The standard InChI is InChI=1S/C27H21N4O4/c1-34-26-13-18(11-12-25(26)35-16-17-7-3-2-4-8-17)27-28-19-14-23-24(15-20(19)29-27)31(33)22-10-6-5-9-21(22)30(23)32/h2-15,19,32H,16H2,1H3/q-1. The van der Waals surface area contributed by atoms with Crippen LogP contribution >= 0.6 is 0 Å². The van der Waals surface area contributed by atoms with Crippen molar-refractivity contribution >= 4 is 22.9 Å². The van der Waals surface area contributed by atoms with Gasteiger partial charge >= 0.3 is 0 Å². The molecule has 1 unspecified atom stereocenters. The lowest BCUT2D eigenvalue weighted by atomic mass is 10.00. The first-order chi connectivity index (χ1) is 17.1. The summed E-state index contributed by atoms with van der Waals surface area (Å²) in [7, 11) is 1.59. The van der Waals surface area contributed by atoms with Crippen LogP contribution in [0, 0.1) is 5.21 Å². The van der Waals surface area contributed by atoms with Gasteiger partial charge in [0.15, 0.2) is 17.3 Å². The van der Waals surface area contributed by atoms with Crippen LogP contribution in [0.2, 0.25) is 0 Å². The number of rotatable bonds is 5. The van der Waals surface area contributed by atoms with Crippen LogP contribution in [0.3, 0.4) is 0 Å². The van der Waals surface area contributed by atoms with Crippen molar-refractivity contribution in [3.8, 4) is 11.5 Å². The van der Waals surface area contributed by atoms with Gasteiger partial charge < -0.3 is 19.7 Å². The number of hydrogen-bond donors (Lipinski definition) is 1. The number of hydrogen-bond acceptors (Lipinski definition) is 8. The summed E-state index contributed by atoms with van der Waals surface area (Å²) in [5.74, 6) is 1.71. The predicted molar refractivity (Wildman–Crippen MR) is 134 cm³/mol. The molecule has 1 atom stereocenters. The molecule has 3 aromatic rings. The third kappa shape index (κ3) is 3.65. The van der Waals surface area contributed by atoms with Gasteiger partial charge in [0.05, 0.1) is 35.6 Å². The normalized spacial score (nSPS) is 18.0. The minimum atomic E-state index is -0.405. The molecule has 3 aliphatic rings. The van der Waals surface area contributed by atoms with Gasteiger partial charge in [-0.05, 0) is 48.0 Å². The lowest BCUT2D eigenvalue weighted by molar-refractivity contribution is 0.283. The minimum absolute atomic E-state index is 0.319. The van der Waals surface area contributed by atoms with E-state index in [1.54, 1.807) is 43.5 Å². The molecular weight excluding hydrogens is 444 g/mol. The van der Waals surface area contributed by atoms with Gasteiger partial charge in [0.2, 0.25) is 0 Å². The van der Waals surface area contributed by atoms with Crippen LogP contribution in [0.5, 0.6) is 11.5 Å². The summed E-state index contributed by atoms with van der Waals surface area (Å²) < 4.78 is 11.5. The highest BCUT2D eigenvalue weighted by Gasteiger charge is 2.33. The van der Waals surface area contributed by atoms with Gasteiger partial charge in [-0.15, -0.1) is 0 Å². The molecule has 0 amide bonds. The number of para-hydroxylation sites is 2. The van der Waals surface area contributed by atoms with E-state index in [-0.39, 0.29) is 0 Å². The fraction of sp³-hybridized carbons (Fsp3) is 0.111. The van der Waals surface area contributed by atoms with Gasteiger partial charge in [-0.3, -0.25) is 10.2 Å². The van der Waals surface area contributed by atoms with Crippen LogP contribution in [-0.2, 0) is 6.61 Å². The van der Waals surface area contributed by atoms with Crippen molar-refractivity contribution < 1.29 is 14.7 Å². The molecule has 1 aliphatic carbocycles. The lowest BCUT2D eigenvalue weighted by Crippen LogP contribution is -2.36. The van der Waals surface area contributed by atoms with Crippen LogP contribution in [0.4, 0.5) is 11.4 Å². The highest BCUT2D eigenvalue weighted by atomic mass is 16.5. The topological polar surface area (TPSA) is 93.0 Å². The number of amidine groups is 1. The van der Waals surface area contributed by atoms with Crippen molar-refractivity contribution in [2.24, 2.45) is 9.98 Å². The highest BCUT2D eigenvalue weighted by Crippen LogP contribution is 2.42. The Morgan fingerprint density at radius 1 is 0.943 bits per heavy atom. The molecule has 2 aliphatic heterocycles. The first-order valence-electron chi connectivity index (χ1n) is 11.1. The van der Waals surface area contributed by atoms with E-state index in [9.17, 15) is 10.4 Å². The molecule has 0 bridgehead atoms. The molecule has 35 heavy (non-hydrogen) atoms. The second-order valence-corrected chi connectivity index (χ2v) is 8.25. The van der Waals surface area contributed by atoms with Crippen LogP contribution in [0.25, 0.3) is 0 Å². The lowest BCUT2D eigenvalue weighted by Gasteiger charge is -2.44. The molecule has 3 aromatic carbocycles. The zero-order chi connectivity index (χ0) is 23.9. The number of nitrogens with zero attached hydrogens (tertiary/aromatic N) is 4. The SMILES string of the molecule is COc1cc(C2=NC3C=C4C(=CC3=N2)N([O-])c2ccccc2N4O)ccc1OCc1ccccc1. The van der Waals surface area contributed by atoms with Gasteiger partial charge in [0.25, 0.3) is 0 Å². The maximum Gasteiger partial charge on any atom is 0.161 e. The van der Waals surface area contributed by atoms with Gasteiger partial charge in [0.1, 0.15) is 12.6 Å². The van der Waals surface area contributed by atoms with Gasteiger partial charge in [0, 0.05) is 5.56 Å². The fourth-order valence-corrected chi connectivity index (χ4v) is 4.32. The van der Waals surface area contributed by atoms with E-state index in [0.29, 0.717) is 52.4 Å². The highest BCUT2D eigenvalue weighted by molar-refractivity contribution is 6.18. The van der Waals surface area contributed by atoms with E-state index >= 15 is 0 Å². The van der Waals surface area contributed by atoms with E-state index in [2.05, 4.69) is 4.99 Å². The Morgan fingerprint density at radius 2 is 1.71 bits per heavy atom. The van der Waals surface area contributed by atoms with Gasteiger partial charge in [-0.25, -0.2) is 10.1 Å². The fourth-order valence-electron chi connectivity index (χ4n) is 4.32. The molecule has 0 aromatic heterocycles. The summed E-state index contributed by atoms with van der Waals surface area (Å²) >= 11 is 0. The van der Waals surface area contributed by atoms with Gasteiger partial charge in [-0.2, -0.15) is 0 Å². The maximum absolute atomic E-state index is 13.0. The molecule has 1 N–H and O–H groups in total. The molecule has 0 saturated heterocycles. The molecule has 2 heterocycles. The van der Waals surface area contributed by atoms with E-state index in [1.165, 1.54) is 0 Å². The van der Waals surface area contributed by atoms with Crippen molar-refractivity contribution in [3.05, 3.63) is 113 Å². The Bertz CT molecular complexity index is 1430. The Kier molecular flexibility index (Phi) is 5.09. The van der Waals surface area contributed by atoms with Gasteiger partial charge in [-0.1, -0.05) is 42.5 Å². The summed E-state index contributed by atoms with van der Waals surface area (Å²) in [6, 6.07) is 21.9. The van der Waals surface area contributed by atoms with E-state index < -0.39 is 6.04 Å². The number of fused-ring (bicyclic) bond motifs is 3. The summed E-state index contributed by atoms with van der Waals surface area (Å²) in [4.78, 5) is 9.39. The molecule has 174 valence electrons. The molecule has 6 rings (SSSR count). The number of benzene rings is 3. The molecular formula is C27H21N4O4-. The molecule has 0 saturated carbocycles. The van der Waals surface area contributed by atoms with Crippen molar-refractivity contribution in [1.82, 2.24) is 0 Å². The summed E-state index contributed by atoms with van der Waals surface area (Å²) in [6.07, 6.45) is 3.42. The monoisotopic (exact) mass is 465 g/mol. The Hall–Kier alpha value is -4.40. The zero-order valence-electron chi connectivity index (χ0n) is 18.8. The van der Waals surface area contributed by atoms with Crippen LogP contribution < -0.4 is 19.6 Å². The third-order valence-corrected chi connectivity index (χ3v) is 6.10. The van der Waals surface area contributed by atoms with Crippen molar-refractivity contribution in [2.75, 3.05) is 17.2 Å². The maximum atomic E-state index is 13.0. The number of aliphatic imine (C=N–C) groups is 2. The predicted octanol–water partition coefficient (Wildman–Crippen LogP) is 4.84. The van der Waals surface area contributed by atoms with Crippen molar-refractivity contribution in [1.29, 1.82) is 0 Å². The van der Waals surface area contributed by atoms with Crippen molar-refractivity contribution in [3.63, 3.8) is 0 Å². The Morgan fingerprint density at radius 3 is 2.51 bits per heavy atom.